The fourth-order valence-corrected chi connectivity index (χ4v) is 4.26. The van der Waals surface area contributed by atoms with Gasteiger partial charge in [-0.15, -0.1) is 11.8 Å². The number of nitrogens with zero attached hydrogens (tertiary/aromatic N) is 3. The molecule has 0 bridgehead atoms. The number of carbonyl (C=O) groups is 1. The van der Waals surface area contributed by atoms with Crippen LogP contribution in [0.3, 0.4) is 0 Å². The largest absolute Gasteiger partial charge is 0.497 e. The van der Waals surface area contributed by atoms with E-state index in [-0.39, 0.29) is 11.2 Å². The highest BCUT2D eigenvalue weighted by Gasteiger charge is 2.30. The van der Waals surface area contributed by atoms with Crippen molar-refractivity contribution in [1.29, 1.82) is 0 Å². The zero-order valence-corrected chi connectivity index (χ0v) is 15.3. The van der Waals surface area contributed by atoms with Gasteiger partial charge >= 0.3 is 0 Å². The number of pyridine rings is 1. The van der Waals surface area contributed by atoms with E-state index in [4.69, 9.17) is 4.74 Å². The van der Waals surface area contributed by atoms with Crippen LogP contribution in [0, 0.1) is 6.92 Å². The van der Waals surface area contributed by atoms with Crippen molar-refractivity contribution < 1.29 is 9.53 Å². The lowest BCUT2D eigenvalue weighted by atomic mass is 10.0. The van der Waals surface area contributed by atoms with Crippen molar-refractivity contribution in [2.24, 2.45) is 0 Å². The molecule has 3 aromatic rings. The number of nitrogens with one attached hydrogen (secondary N) is 1. The molecule has 26 heavy (non-hydrogen) atoms. The predicted octanol–water partition coefficient (Wildman–Crippen LogP) is 3.36. The summed E-state index contributed by atoms with van der Waals surface area (Å²) >= 11 is 1.60. The molecule has 3 heterocycles. The molecule has 0 aliphatic carbocycles. The Morgan fingerprint density at radius 3 is 2.73 bits per heavy atom. The maximum Gasteiger partial charge on any atom is 0.235 e. The number of methoxy groups -OCH3 is 1. The van der Waals surface area contributed by atoms with Gasteiger partial charge in [0.2, 0.25) is 5.91 Å². The van der Waals surface area contributed by atoms with E-state index >= 15 is 0 Å². The van der Waals surface area contributed by atoms with Crippen molar-refractivity contribution in [2.75, 3.05) is 18.2 Å². The summed E-state index contributed by atoms with van der Waals surface area (Å²) in [4.78, 5) is 16.7. The van der Waals surface area contributed by atoms with Crippen LogP contribution in [0.4, 0.5) is 5.82 Å². The van der Waals surface area contributed by atoms with E-state index in [1.165, 1.54) is 0 Å². The summed E-state index contributed by atoms with van der Waals surface area (Å²) in [6.45, 7) is 1.97. The molecule has 7 heteroatoms. The van der Waals surface area contributed by atoms with Crippen LogP contribution in [0.15, 0.2) is 48.7 Å². The molecule has 1 atom stereocenters. The number of hydrogen-bond acceptors (Lipinski definition) is 5. The molecule has 6 nitrogen and oxygen atoms in total. The summed E-state index contributed by atoms with van der Waals surface area (Å²) < 4.78 is 6.97. The number of ether oxygens (including phenoxy) is 1. The maximum atomic E-state index is 12.3. The molecule has 0 fully saturated rings. The summed E-state index contributed by atoms with van der Waals surface area (Å²) in [5.41, 5.74) is 3.00. The standard InChI is InChI=1S/C19H18N4O2S/c1-12-17-18(13-6-8-14(25-2)9-7-13)26-11-16(24)21-19(17)23(22-12)15-5-3-4-10-20-15/h3-10,18H,11H2,1-2H3,(H,21,24). The highest BCUT2D eigenvalue weighted by atomic mass is 32.2. The predicted molar refractivity (Wildman–Crippen MR) is 102 cm³/mol. The van der Waals surface area contributed by atoms with Crippen LogP contribution < -0.4 is 10.1 Å². The number of hydrogen-bond donors (Lipinski definition) is 1. The van der Waals surface area contributed by atoms with Gasteiger partial charge in [0, 0.05) is 11.8 Å². The molecule has 4 rings (SSSR count). The number of aromatic nitrogens is 3. The third kappa shape index (κ3) is 2.94. The van der Waals surface area contributed by atoms with Gasteiger partial charge in [-0.3, -0.25) is 4.79 Å². The maximum absolute atomic E-state index is 12.3. The number of amides is 1. The molecule has 1 aromatic carbocycles. The minimum absolute atomic E-state index is 0.00678. The normalized spacial score (nSPS) is 16.5. The molecule has 1 N–H and O–H groups in total. The van der Waals surface area contributed by atoms with Gasteiger partial charge in [-0.1, -0.05) is 18.2 Å². The number of rotatable bonds is 3. The van der Waals surface area contributed by atoms with Crippen LogP contribution in [0.5, 0.6) is 5.75 Å². The Bertz CT molecular complexity index is 938. The van der Waals surface area contributed by atoms with Gasteiger partial charge in [-0.05, 0) is 36.8 Å². The van der Waals surface area contributed by atoms with Gasteiger partial charge in [0.1, 0.15) is 11.6 Å². The van der Waals surface area contributed by atoms with E-state index in [9.17, 15) is 4.79 Å². The van der Waals surface area contributed by atoms with Gasteiger partial charge in [-0.2, -0.15) is 9.78 Å². The molecule has 1 unspecified atom stereocenters. The Hall–Kier alpha value is -2.80. The van der Waals surface area contributed by atoms with E-state index in [0.717, 1.165) is 22.6 Å². The second-order valence-electron chi connectivity index (χ2n) is 5.96. The number of anilines is 1. The Morgan fingerprint density at radius 1 is 1.23 bits per heavy atom. The minimum Gasteiger partial charge on any atom is -0.497 e. The van der Waals surface area contributed by atoms with Crippen molar-refractivity contribution in [1.82, 2.24) is 14.8 Å². The molecule has 0 saturated carbocycles. The Balaban J connectivity index is 1.85. The van der Waals surface area contributed by atoms with E-state index in [0.29, 0.717) is 17.4 Å². The van der Waals surface area contributed by atoms with Crippen LogP contribution in [0.25, 0.3) is 5.82 Å². The zero-order chi connectivity index (χ0) is 18.1. The van der Waals surface area contributed by atoms with E-state index in [2.05, 4.69) is 15.4 Å². The van der Waals surface area contributed by atoms with Gasteiger partial charge in [0.05, 0.1) is 23.8 Å². The summed E-state index contributed by atoms with van der Waals surface area (Å²) in [6.07, 6.45) is 1.72. The Labute approximate surface area is 155 Å². The van der Waals surface area contributed by atoms with Crippen LogP contribution in [-0.4, -0.2) is 33.5 Å². The van der Waals surface area contributed by atoms with Gasteiger partial charge in [0.15, 0.2) is 5.82 Å². The number of benzene rings is 1. The molecular weight excluding hydrogens is 348 g/mol. The molecule has 1 aliphatic heterocycles. The first kappa shape index (κ1) is 16.7. The molecule has 1 aliphatic rings. The van der Waals surface area contributed by atoms with E-state index in [1.54, 1.807) is 29.8 Å². The van der Waals surface area contributed by atoms with E-state index in [1.807, 2.05) is 49.4 Å². The topological polar surface area (TPSA) is 69.0 Å². The smallest absolute Gasteiger partial charge is 0.235 e. The third-order valence-electron chi connectivity index (χ3n) is 4.29. The SMILES string of the molecule is COc1ccc(C2SCC(=O)Nc3c2c(C)nn3-c2ccccn2)cc1. The molecule has 132 valence electrons. The number of aryl methyl sites for hydroxylation is 1. The Kier molecular flexibility index (Phi) is 4.38. The average Bonchev–Trinajstić information content (AvgIpc) is 2.88. The van der Waals surface area contributed by atoms with Crippen molar-refractivity contribution in [3.8, 4) is 11.6 Å². The second-order valence-corrected chi connectivity index (χ2v) is 7.05. The number of thioether (sulfide) groups is 1. The lowest BCUT2D eigenvalue weighted by Gasteiger charge is -2.15. The fraction of sp³-hybridized carbons (Fsp3) is 0.211. The Morgan fingerprint density at radius 2 is 2.04 bits per heavy atom. The van der Waals surface area contributed by atoms with Gasteiger partial charge in [-0.25, -0.2) is 4.98 Å². The molecule has 2 aromatic heterocycles. The minimum atomic E-state index is -0.0376. The summed E-state index contributed by atoms with van der Waals surface area (Å²) in [5, 5.41) is 7.66. The molecule has 0 spiro atoms. The van der Waals surface area contributed by atoms with Crippen molar-refractivity contribution >= 4 is 23.5 Å². The average molecular weight is 366 g/mol. The first-order valence-corrected chi connectivity index (χ1v) is 9.28. The lowest BCUT2D eigenvalue weighted by Crippen LogP contribution is -2.16. The van der Waals surface area contributed by atoms with Crippen molar-refractivity contribution in [3.63, 3.8) is 0 Å². The van der Waals surface area contributed by atoms with Crippen molar-refractivity contribution in [3.05, 3.63) is 65.5 Å². The fourth-order valence-electron chi connectivity index (χ4n) is 3.07. The van der Waals surface area contributed by atoms with Crippen molar-refractivity contribution in [2.45, 2.75) is 12.2 Å². The molecule has 0 radical (unpaired) electrons. The van der Waals surface area contributed by atoms with Crippen LogP contribution in [-0.2, 0) is 4.79 Å². The molecular formula is C19H18N4O2S. The quantitative estimate of drug-likeness (QED) is 0.770. The summed E-state index contributed by atoms with van der Waals surface area (Å²) in [6, 6.07) is 13.6. The first-order chi connectivity index (χ1) is 12.7. The summed E-state index contributed by atoms with van der Waals surface area (Å²) in [7, 11) is 1.65. The lowest BCUT2D eigenvalue weighted by molar-refractivity contribution is -0.113. The third-order valence-corrected chi connectivity index (χ3v) is 5.56. The number of carbonyl (C=O) groups excluding carboxylic acids is 1. The monoisotopic (exact) mass is 366 g/mol. The van der Waals surface area contributed by atoms with Crippen LogP contribution in [0.2, 0.25) is 0 Å². The first-order valence-electron chi connectivity index (χ1n) is 8.23. The summed E-state index contributed by atoms with van der Waals surface area (Å²) in [5.74, 6) is 2.52. The van der Waals surface area contributed by atoms with Crippen LogP contribution >= 0.6 is 11.8 Å². The highest BCUT2D eigenvalue weighted by molar-refractivity contribution is 8.00. The van der Waals surface area contributed by atoms with Gasteiger partial charge < -0.3 is 10.1 Å². The highest BCUT2D eigenvalue weighted by Crippen LogP contribution is 2.43. The van der Waals surface area contributed by atoms with Crippen LogP contribution in [0.1, 0.15) is 22.1 Å². The van der Waals surface area contributed by atoms with E-state index < -0.39 is 0 Å². The molecule has 0 saturated heterocycles. The number of fused-ring (bicyclic) bond motifs is 1. The zero-order valence-electron chi connectivity index (χ0n) is 14.5. The van der Waals surface area contributed by atoms with Gasteiger partial charge in [0.25, 0.3) is 0 Å². The molecule has 1 amide bonds. The second kappa shape index (κ2) is 6.84.